The maximum atomic E-state index is 12.5. The fraction of sp³-hybridized carbons (Fsp3) is 0.381. The summed E-state index contributed by atoms with van der Waals surface area (Å²) in [5.41, 5.74) is 6.56. The van der Waals surface area contributed by atoms with Gasteiger partial charge in [-0.05, 0) is 62.4 Å². The van der Waals surface area contributed by atoms with Crippen molar-refractivity contribution in [1.29, 1.82) is 0 Å². The van der Waals surface area contributed by atoms with Crippen molar-refractivity contribution in [1.82, 2.24) is 0 Å². The number of carbonyl (C=O) groups excluding carboxylic acids is 1. The molecule has 0 fully saturated rings. The van der Waals surface area contributed by atoms with Crippen molar-refractivity contribution >= 4 is 17.3 Å². The molecule has 2 N–H and O–H groups in total. The Morgan fingerprint density at radius 3 is 1.96 bits per heavy atom. The van der Waals surface area contributed by atoms with E-state index >= 15 is 0 Å². The molecule has 24 heavy (non-hydrogen) atoms. The van der Waals surface area contributed by atoms with E-state index in [0.717, 1.165) is 22.5 Å². The van der Waals surface area contributed by atoms with Crippen LogP contribution in [0, 0.1) is 20.8 Å². The van der Waals surface area contributed by atoms with Gasteiger partial charge < -0.3 is 10.6 Å². The standard InChI is InChI=1S/C21H28N2O/c1-13(2)18-7-9-19(10-8-18)22-17(6)21(24)23-20-15(4)11-14(3)12-16(20)5/h7-13,17,22H,1-6H3,(H,23,24)/t17-/m0/s1. The summed E-state index contributed by atoms with van der Waals surface area (Å²) in [5, 5.41) is 6.32. The molecule has 0 heterocycles. The summed E-state index contributed by atoms with van der Waals surface area (Å²) in [5.74, 6) is 0.477. The first kappa shape index (κ1) is 18.1. The van der Waals surface area contributed by atoms with Crippen molar-refractivity contribution in [3.63, 3.8) is 0 Å². The molecular formula is C21H28N2O. The smallest absolute Gasteiger partial charge is 0.246 e. The topological polar surface area (TPSA) is 41.1 Å². The molecule has 0 radical (unpaired) electrons. The third-order valence-corrected chi connectivity index (χ3v) is 4.28. The van der Waals surface area contributed by atoms with E-state index in [9.17, 15) is 4.79 Å². The summed E-state index contributed by atoms with van der Waals surface area (Å²) in [6.07, 6.45) is 0. The number of anilines is 2. The Labute approximate surface area is 145 Å². The van der Waals surface area contributed by atoms with E-state index in [0.29, 0.717) is 5.92 Å². The second kappa shape index (κ2) is 7.52. The molecule has 0 aliphatic rings. The van der Waals surface area contributed by atoms with Gasteiger partial charge in [0.2, 0.25) is 5.91 Å². The summed E-state index contributed by atoms with van der Waals surface area (Å²) in [6, 6.07) is 12.1. The minimum Gasteiger partial charge on any atom is -0.374 e. The molecule has 0 bridgehead atoms. The Kier molecular flexibility index (Phi) is 5.66. The molecule has 0 spiro atoms. The Morgan fingerprint density at radius 1 is 0.917 bits per heavy atom. The van der Waals surface area contributed by atoms with E-state index in [1.807, 2.05) is 32.9 Å². The maximum Gasteiger partial charge on any atom is 0.246 e. The monoisotopic (exact) mass is 324 g/mol. The lowest BCUT2D eigenvalue weighted by molar-refractivity contribution is -0.116. The summed E-state index contributed by atoms with van der Waals surface area (Å²) in [6.45, 7) is 12.3. The predicted octanol–water partition coefficient (Wildman–Crippen LogP) is 5.17. The first-order valence-corrected chi connectivity index (χ1v) is 8.53. The van der Waals surface area contributed by atoms with E-state index in [1.165, 1.54) is 11.1 Å². The molecule has 128 valence electrons. The number of hydrogen-bond donors (Lipinski definition) is 2. The molecular weight excluding hydrogens is 296 g/mol. The van der Waals surface area contributed by atoms with Gasteiger partial charge in [-0.1, -0.05) is 43.7 Å². The van der Waals surface area contributed by atoms with Crippen molar-refractivity contribution < 1.29 is 4.79 Å². The van der Waals surface area contributed by atoms with Crippen LogP contribution in [0.1, 0.15) is 48.9 Å². The number of aryl methyl sites for hydroxylation is 3. The highest BCUT2D eigenvalue weighted by molar-refractivity contribution is 5.97. The van der Waals surface area contributed by atoms with Gasteiger partial charge in [0.25, 0.3) is 0 Å². The number of amides is 1. The quantitative estimate of drug-likeness (QED) is 0.796. The van der Waals surface area contributed by atoms with Crippen molar-refractivity contribution in [2.24, 2.45) is 0 Å². The minimum atomic E-state index is -0.310. The van der Waals surface area contributed by atoms with E-state index in [4.69, 9.17) is 0 Å². The number of carbonyl (C=O) groups is 1. The van der Waals surface area contributed by atoms with E-state index in [1.54, 1.807) is 0 Å². The number of nitrogens with one attached hydrogen (secondary N) is 2. The van der Waals surface area contributed by atoms with Crippen LogP contribution in [-0.2, 0) is 4.79 Å². The van der Waals surface area contributed by atoms with Gasteiger partial charge in [-0.2, -0.15) is 0 Å². The van der Waals surface area contributed by atoms with Gasteiger partial charge in [0.15, 0.2) is 0 Å². The third-order valence-electron chi connectivity index (χ3n) is 4.28. The summed E-state index contributed by atoms with van der Waals surface area (Å²) < 4.78 is 0. The highest BCUT2D eigenvalue weighted by Crippen LogP contribution is 2.22. The number of hydrogen-bond acceptors (Lipinski definition) is 2. The first-order valence-electron chi connectivity index (χ1n) is 8.53. The molecule has 3 nitrogen and oxygen atoms in total. The van der Waals surface area contributed by atoms with Gasteiger partial charge in [-0.15, -0.1) is 0 Å². The highest BCUT2D eigenvalue weighted by atomic mass is 16.2. The van der Waals surface area contributed by atoms with Gasteiger partial charge in [0, 0.05) is 11.4 Å². The maximum absolute atomic E-state index is 12.5. The lowest BCUT2D eigenvalue weighted by Gasteiger charge is -2.18. The average Bonchev–Trinajstić information content (AvgIpc) is 2.51. The normalized spacial score (nSPS) is 12.1. The zero-order valence-electron chi connectivity index (χ0n) is 15.5. The highest BCUT2D eigenvalue weighted by Gasteiger charge is 2.15. The molecule has 2 aromatic carbocycles. The van der Waals surface area contributed by atoms with Crippen molar-refractivity contribution in [3.8, 4) is 0 Å². The Bertz CT molecular complexity index is 694. The van der Waals surface area contributed by atoms with Crippen LogP contribution in [0.25, 0.3) is 0 Å². The van der Waals surface area contributed by atoms with Crippen LogP contribution in [0.2, 0.25) is 0 Å². The predicted molar refractivity (Wildman–Crippen MR) is 103 cm³/mol. The molecule has 2 rings (SSSR count). The van der Waals surface area contributed by atoms with Crippen LogP contribution >= 0.6 is 0 Å². The van der Waals surface area contributed by atoms with E-state index in [-0.39, 0.29) is 11.9 Å². The van der Waals surface area contributed by atoms with Crippen molar-refractivity contribution in [2.75, 3.05) is 10.6 Å². The molecule has 0 saturated heterocycles. The Balaban J connectivity index is 2.05. The second-order valence-electron chi connectivity index (χ2n) is 6.91. The molecule has 1 amide bonds. The summed E-state index contributed by atoms with van der Waals surface area (Å²) >= 11 is 0. The van der Waals surface area contributed by atoms with Crippen LogP contribution in [0.15, 0.2) is 36.4 Å². The molecule has 3 heteroatoms. The summed E-state index contributed by atoms with van der Waals surface area (Å²) in [7, 11) is 0. The first-order chi connectivity index (χ1) is 11.3. The number of benzene rings is 2. The number of rotatable bonds is 5. The van der Waals surface area contributed by atoms with Crippen molar-refractivity contribution in [2.45, 2.75) is 53.5 Å². The summed E-state index contributed by atoms with van der Waals surface area (Å²) in [4.78, 5) is 12.5. The molecule has 0 aliphatic heterocycles. The van der Waals surface area contributed by atoms with Crippen LogP contribution in [0.4, 0.5) is 11.4 Å². The lowest BCUT2D eigenvalue weighted by atomic mass is 10.0. The Morgan fingerprint density at radius 2 is 1.46 bits per heavy atom. The van der Waals surface area contributed by atoms with E-state index in [2.05, 4.69) is 55.7 Å². The fourth-order valence-electron chi connectivity index (χ4n) is 2.89. The molecule has 0 aromatic heterocycles. The molecule has 1 atom stereocenters. The zero-order chi connectivity index (χ0) is 17.9. The Hall–Kier alpha value is -2.29. The second-order valence-corrected chi connectivity index (χ2v) is 6.91. The van der Waals surface area contributed by atoms with Crippen LogP contribution in [0.3, 0.4) is 0 Å². The van der Waals surface area contributed by atoms with Crippen molar-refractivity contribution in [3.05, 3.63) is 58.7 Å². The van der Waals surface area contributed by atoms with Gasteiger partial charge >= 0.3 is 0 Å². The van der Waals surface area contributed by atoms with Gasteiger partial charge in [0.05, 0.1) is 0 Å². The average molecular weight is 324 g/mol. The van der Waals surface area contributed by atoms with Gasteiger partial charge in [-0.3, -0.25) is 4.79 Å². The SMILES string of the molecule is Cc1cc(C)c(NC(=O)[C@H](C)Nc2ccc(C(C)C)cc2)c(C)c1. The van der Waals surface area contributed by atoms with E-state index < -0.39 is 0 Å². The largest absolute Gasteiger partial charge is 0.374 e. The molecule has 2 aromatic rings. The molecule has 0 unspecified atom stereocenters. The molecule has 0 aliphatic carbocycles. The lowest BCUT2D eigenvalue weighted by Crippen LogP contribution is -2.32. The fourth-order valence-corrected chi connectivity index (χ4v) is 2.89. The third kappa shape index (κ3) is 4.38. The zero-order valence-corrected chi connectivity index (χ0v) is 15.5. The van der Waals surface area contributed by atoms with Gasteiger partial charge in [0.1, 0.15) is 6.04 Å². The van der Waals surface area contributed by atoms with Crippen LogP contribution in [0.5, 0.6) is 0 Å². The van der Waals surface area contributed by atoms with Gasteiger partial charge in [-0.25, -0.2) is 0 Å². The minimum absolute atomic E-state index is 0.0296. The molecule has 0 saturated carbocycles. The van der Waals surface area contributed by atoms with Crippen LogP contribution < -0.4 is 10.6 Å². The van der Waals surface area contributed by atoms with Crippen LogP contribution in [-0.4, -0.2) is 11.9 Å².